The van der Waals surface area contributed by atoms with E-state index in [1.807, 2.05) is 19.1 Å². The zero-order valence-corrected chi connectivity index (χ0v) is 18.6. The van der Waals surface area contributed by atoms with Gasteiger partial charge in [0.25, 0.3) is 5.91 Å². The molecule has 0 bridgehead atoms. The average Bonchev–Trinajstić information content (AvgIpc) is 3.26. The maximum atomic E-state index is 14.0. The van der Waals surface area contributed by atoms with Crippen molar-refractivity contribution in [2.24, 2.45) is 5.92 Å². The number of hydrogen-bond donors (Lipinski definition) is 0. The summed E-state index contributed by atoms with van der Waals surface area (Å²) >= 11 is 1.32. The minimum atomic E-state index is -3.31. The Morgan fingerprint density at radius 1 is 1.43 bits per heavy atom. The molecule has 0 aliphatic carbocycles. The largest absolute Gasteiger partial charge is 0.465 e. The summed E-state index contributed by atoms with van der Waals surface area (Å²) in [5.41, 5.74) is 0. The van der Waals surface area contributed by atoms with E-state index in [0.29, 0.717) is 23.6 Å². The molecule has 1 saturated heterocycles. The molecule has 7 heteroatoms. The molecule has 1 aromatic heterocycles. The van der Waals surface area contributed by atoms with Gasteiger partial charge in [0.1, 0.15) is 4.88 Å². The quantitative estimate of drug-likeness (QED) is 0.307. The Morgan fingerprint density at radius 3 is 2.90 bits per heavy atom. The van der Waals surface area contributed by atoms with Gasteiger partial charge in [0.2, 0.25) is 0 Å². The molecule has 164 valence electrons. The van der Waals surface area contributed by atoms with E-state index in [2.05, 4.69) is 23.5 Å². The molecule has 0 aromatic carbocycles. The summed E-state index contributed by atoms with van der Waals surface area (Å²) in [6.07, 6.45) is 6.67. The van der Waals surface area contributed by atoms with E-state index in [1.165, 1.54) is 23.3 Å². The van der Waals surface area contributed by atoms with Crippen molar-refractivity contribution in [2.75, 3.05) is 13.7 Å². The van der Waals surface area contributed by atoms with E-state index < -0.39 is 24.3 Å². The van der Waals surface area contributed by atoms with E-state index in [9.17, 15) is 18.4 Å². The molecule has 0 radical (unpaired) electrons. The van der Waals surface area contributed by atoms with Crippen LogP contribution in [0.1, 0.15) is 60.5 Å². The Bertz CT molecular complexity index is 822. The van der Waals surface area contributed by atoms with Gasteiger partial charge in [0.05, 0.1) is 13.2 Å². The maximum absolute atomic E-state index is 14.0. The van der Waals surface area contributed by atoms with E-state index in [0.717, 1.165) is 24.1 Å². The summed E-state index contributed by atoms with van der Waals surface area (Å²) in [7, 11) is 1.33. The number of halogens is 2. The minimum Gasteiger partial charge on any atom is -0.465 e. The molecule has 1 aliphatic rings. The number of allylic oxidation sites excluding steroid dienone is 1. The van der Waals surface area contributed by atoms with Crippen molar-refractivity contribution < 1.29 is 23.1 Å². The van der Waals surface area contributed by atoms with Crippen LogP contribution in [0.2, 0.25) is 0 Å². The highest BCUT2D eigenvalue weighted by molar-refractivity contribution is 7.13. The second-order valence-electron chi connectivity index (χ2n) is 7.52. The van der Waals surface area contributed by atoms with Crippen molar-refractivity contribution in [3.05, 3.63) is 34.0 Å². The number of esters is 1. The molecular weight excluding hydrogens is 408 g/mol. The molecule has 1 unspecified atom stereocenters. The van der Waals surface area contributed by atoms with Gasteiger partial charge < -0.3 is 9.64 Å². The van der Waals surface area contributed by atoms with Gasteiger partial charge in [-0.25, -0.2) is 4.79 Å². The van der Waals surface area contributed by atoms with Gasteiger partial charge in [-0.3, -0.25) is 4.79 Å². The van der Waals surface area contributed by atoms with Crippen LogP contribution in [0.3, 0.4) is 0 Å². The molecule has 0 spiro atoms. The van der Waals surface area contributed by atoms with Crippen molar-refractivity contribution in [2.45, 2.75) is 64.3 Å². The molecule has 1 fully saturated rings. The van der Waals surface area contributed by atoms with E-state index >= 15 is 0 Å². The molecule has 30 heavy (non-hydrogen) atoms. The number of nitrogens with zero attached hydrogens (tertiary/aromatic N) is 1. The van der Waals surface area contributed by atoms with E-state index in [-0.39, 0.29) is 12.5 Å². The number of rotatable bonds is 9. The predicted octanol–water partition coefficient (Wildman–Crippen LogP) is 5.09. The average molecular weight is 438 g/mol. The summed E-state index contributed by atoms with van der Waals surface area (Å²) in [6.45, 7) is 4.33. The van der Waals surface area contributed by atoms with Gasteiger partial charge in [-0.15, -0.1) is 23.2 Å². The Hall–Kier alpha value is -2.20. The van der Waals surface area contributed by atoms with Gasteiger partial charge in [0.15, 0.2) is 0 Å². The highest BCUT2D eigenvalue weighted by Gasteiger charge is 2.52. The monoisotopic (exact) mass is 437 g/mol. The highest BCUT2D eigenvalue weighted by atomic mass is 32.1. The summed E-state index contributed by atoms with van der Waals surface area (Å²) in [6, 6.07) is 2.94. The van der Waals surface area contributed by atoms with Crippen LogP contribution < -0.4 is 0 Å². The lowest BCUT2D eigenvalue weighted by molar-refractivity contribution is -0.148. The second-order valence-corrected chi connectivity index (χ2v) is 8.68. The third-order valence-electron chi connectivity index (χ3n) is 4.96. The van der Waals surface area contributed by atoms with Crippen LogP contribution in [0.25, 0.3) is 0 Å². The molecule has 2 heterocycles. The van der Waals surface area contributed by atoms with Crippen LogP contribution in [-0.2, 0) is 16.0 Å². The third kappa shape index (κ3) is 6.66. The number of methoxy groups -OCH3 is 1. The first-order valence-electron chi connectivity index (χ1n) is 10.3. The van der Waals surface area contributed by atoms with Crippen LogP contribution in [0, 0.1) is 17.8 Å². The highest BCUT2D eigenvalue weighted by Crippen LogP contribution is 2.34. The lowest BCUT2D eigenvalue weighted by atomic mass is 10.0. The van der Waals surface area contributed by atoms with Gasteiger partial charge in [0, 0.05) is 30.7 Å². The number of alkyl halides is 2. The van der Waals surface area contributed by atoms with Crippen molar-refractivity contribution in [1.82, 2.24) is 4.90 Å². The molecule has 1 aliphatic heterocycles. The lowest BCUT2D eigenvalue weighted by Crippen LogP contribution is -2.36. The fourth-order valence-corrected chi connectivity index (χ4v) is 4.30. The normalized spacial score (nSPS) is 19.0. The molecule has 1 amide bonds. The second kappa shape index (κ2) is 11.3. The standard InChI is InChI=1S/C23H29F2NO3S/c1-4-5-6-9-17(2)10-7-11-18-16-23(24,25)22(28)26(18)15-8-12-19-13-14-20(30-19)21(27)29-3/h7,11,13-14,17-18H,4,8-10,12,15-16H2,1-3H3/b11-7+/t17-,18?/m1/s1. The molecule has 4 nitrogen and oxygen atoms in total. The van der Waals surface area contributed by atoms with Crippen molar-refractivity contribution in [3.8, 4) is 11.8 Å². The molecule has 0 N–H and O–H groups in total. The molecule has 2 rings (SSSR count). The molecular formula is C23H29F2NO3S. The molecule has 2 atom stereocenters. The summed E-state index contributed by atoms with van der Waals surface area (Å²) < 4.78 is 32.7. The van der Waals surface area contributed by atoms with Gasteiger partial charge in [-0.05, 0) is 37.3 Å². The fraction of sp³-hybridized carbons (Fsp3) is 0.565. The van der Waals surface area contributed by atoms with Gasteiger partial charge in [-0.2, -0.15) is 8.78 Å². The fourth-order valence-electron chi connectivity index (χ4n) is 3.33. The predicted molar refractivity (Wildman–Crippen MR) is 115 cm³/mol. The van der Waals surface area contributed by atoms with Crippen molar-refractivity contribution >= 4 is 23.2 Å². The van der Waals surface area contributed by atoms with Crippen LogP contribution in [0.4, 0.5) is 8.78 Å². The molecule has 0 saturated carbocycles. The van der Waals surface area contributed by atoms with Crippen LogP contribution in [0.5, 0.6) is 0 Å². The van der Waals surface area contributed by atoms with E-state index in [4.69, 9.17) is 0 Å². The number of hydrogen-bond acceptors (Lipinski definition) is 4. The number of aryl methyl sites for hydroxylation is 1. The maximum Gasteiger partial charge on any atom is 0.348 e. The topological polar surface area (TPSA) is 46.6 Å². The van der Waals surface area contributed by atoms with Crippen LogP contribution >= 0.6 is 11.3 Å². The Kier molecular flexibility index (Phi) is 9.04. The summed E-state index contributed by atoms with van der Waals surface area (Å²) in [4.78, 5) is 26.4. The number of thiophene rings is 1. The minimum absolute atomic E-state index is 0.256. The zero-order valence-electron chi connectivity index (χ0n) is 17.7. The van der Waals surface area contributed by atoms with Crippen molar-refractivity contribution in [3.63, 3.8) is 0 Å². The lowest BCUT2D eigenvalue weighted by Gasteiger charge is -2.21. The Morgan fingerprint density at radius 2 is 2.20 bits per heavy atom. The van der Waals surface area contributed by atoms with E-state index in [1.54, 1.807) is 12.1 Å². The first kappa shape index (κ1) is 24.1. The third-order valence-corrected chi connectivity index (χ3v) is 6.08. The first-order valence-corrected chi connectivity index (χ1v) is 11.1. The van der Waals surface area contributed by atoms with Gasteiger partial charge in [-0.1, -0.05) is 26.0 Å². The Balaban J connectivity index is 1.91. The number of amides is 1. The summed E-state index contributed by atoms with van der Waals surface area (Å²) in [5, 5.41) is 0. The number of ether oxygens (including phenoxy) is 1. The summed E-state index contributed by atoms with van der Waals surface area (Å²) in [5.74, 6) is 1.68. The number of likely N-dealkylation sites (tertiary alicyclic amines) is 1. The van der Waals surface area contributed by atoms with Crippen LogP contribution in [-0.4, -0.2) is 42.4 Å². The first-order chi connectivity index (χ1) is 14.3. The SMILES string of the molecule is CCC#CC[C@@H](C)C/C=C/C1CC(F)(F)C(=O)N1CCCc1ccc(C(=O)OC)s1. The van der Waals surface area contributed by atoms with Gasteiger partial charge >= 0.3 is 11.9 Å². The number of carbonyl (C=O) groups is 2. The molecule has 1 aromatic rings. The van der Waals surface area contributed by atoms with Crippen molar-refractivity contribution in [1.29, 1.82) is 0 Å². The number of carbonyl (C=O) groups excluding carboxylic acids is 2. The zero-order chi connectivity index (χ0) is 22.1. The smallest absolute Gasteiger partial charge is 0.348 e. The Labute approximate surface area is 181 Å². The van der Waals surface area contributed by atoms with Crippen LogP contribution in [0.15, 0.2) is 24.3 Å².